The van der Waals surface area contributed by atoms with Gasteiger partial charge in [0, 0.05) is 6.04 Å². The highest BCUT2D eigenvalue weighted by Gasteiger charge is 2.41. The van der Waals surface area contributed by atoms with E-state index in [1.54, 1.807) is 0 Å². The molecule has 68 valence electrons. The molecule has 2 saturated heterocycles. The van der Waals surface area contributed by atoms with Gasteiger partial charge in [0.2, 0.25) is 0 Å². The predicted molar refractivity (Wildman–Crippen MR) is 47.7 cm³/mol. The van der Waals surface area contributed by atoms with Crippen LogP contribution in [-0.4, -0.2) is 40.7 Å². The summed E-state index contributed by atoms with van der Waals surface area (Å²) in [6.45, 7) is 2.69. The Morgan fingerprint density at radius 2 is 2.17 bits per heavy atom. The number of fused-ring (bicyclic) bond motifs is 3. The minimum Gasteiger partial charge on any atom is -0.437 e. The second-order valence-corrected chi connectivity index (χ2v) is 4.12. The van der Waals surface area contributed by atoms with Crippen molar-refractivity contribution in [1.29, 1.82) is 0 Å². The van der Waals surface area contributed by atoms with E-state index in [4.69, 9.17) is 0 Å². The standard InChI is InChI=1S/C8H16BNO2/c1-9(12)10-5-6-2-3-7(10)4-8(6)11/h6-8,11-12H,2-5H2,1H3. The Morgan fingerprint density at radius 1 is 1.42 bits per heavy atom. The maximum absolute atomic E-state index is 9.59. The van der Waals surface area contributed by atoms with E-state index in [0.717, 1.165) is 25.8 Å². The van der Waals surface area contributed by atoms with Gasteiger partial charge in [-0.05, 0) is 38.5 Å². The van der Waals surface area contributed by atoms with Crippen LogP contribution < -0.4 is 0 Å². The molecule has 0 aromatic rings. The molecule has 4 heteroatoms. The van der Waals surface area contributed by atoms with E-state index in [9.17, 15) is 10.1 Å². The summed E-state index contributed by atoms with van der Waals surface area (Å²) >= 11 is 0. The molecule has 0 amide bonds. The number of hydrogen-bond acceptors (Lipinski definition) is 3. The fraction of sp³-hybridized carbons (Fsp3) is 1.00. The van der Waals surface area contributed by atoms with Gasteiger partial charge in [0.25, 0.3) is 0 Å². The van der Waals surface area contributed by atoms with Crippen LogP contribution in [-0.2, 0) is 0 Å². The van der Waals surface area contributed by atoms with Gasteiger partial charge in [-0.1, -0.05) is 0 Å². The molecule has 0 aromatic carbocycles. The third-order valence-electron chi connectivity index (χ3n) is 3.32. The Bertz CT molecular complexity index is 176. The number of hydrogen-bond donors (Lipinski definition) is 2. The summed E-state index contributed by atoms with van der Waals surface area (Å²) in [5, 5.41) is 19.0. The van der Waals surface area contributed by atoms with E-state index in [0.29, 0.717) is 12.0 Å². The van der Waals surface area contributed by atoms with Crippen LogP contribution in [0.15, 0.2) is 0 Å². The van der Waals surface area contributed by atoms with Crippen LogP contribution >= 0.6 is 0 Å². The Labute approximate surface area is 73.5 Å². The lowest BCUT2D eigenvalue weighted by Gasteiger charge is -2.48. The average Bonchev–Trinajstić information content (AvgIpc) is 2.04. The molecule has 0 spiro atoms. The quantitative estimate of drug-likeness (QED) is 0.540. The fourth-order valence-corrected chi connectivity index (χ4v) is 2.58. The summed E-state index contributed by atoms with van der Waals surface area (Å²) < 4.78 is 0. The monoisotopic (exact) mass is 169 g/mol. The van der Waals surface area contributed by atoms with Gasteiger partial charge in [0.1, 0.15) is 0 Å². The summed E-state index contributed by atoms with van der Waals surface area (Å²) in [6, 6.07) is 0.421. The fourth-order valence-electron chi connectivity index (χ4n) is 2.58. The SMILES string of the molecule is CB(O)N1CC2CCC1CC2O. The van der Waals surface area contributed by atoms with E-state index >= 15 is 0 Å². The molecule has 2 aliphatic heterocycles. The van der Waals surface area contributed by atoms with E-state index in [1.807, 2.05) is 6.82 Å². The van der Waals surface area contributed by atoms with E-state index in [2.05, 4.69) is 4.81 Å². The Balaban J connectivity index is 2.05. The molecule has 3 atom stereocenters. The summed E-state index contributed by atoms with van der Waals surface area (Å²) in [4.78, 5) is 2.11. The summed E-state index contributed by atoms with van der Waals surface area (Å²) in [6.07, 6.45) is 3.02. The molecule has 12 heavy (non-hydrogen) atoms. The topological polar surface area (TPSA) is 43.7 Å². The van der Waals surface area contributed by atoms with Crippen molar-refractivity contribution >= 4 is 7.05 Å². The molecular formula is C8H16BNO2. The van der Waals surface area contributed by atoms with Gasteiger partial charge in [-0.25, -0.2) is 0 Å². The predicted octanol–water partition coefficient (Wildman–Crippen LogP) is -0.0581. The van der Waals surface area contributed by atoms with Gasteiger partial charge in [-0.3, -0.25) is 0 Å². The Morgan fingerprint density at radius 3 is 2.58 bits per heavy atom. The van der Waals surface area contributed by atoms with Crippen LogP contribution in [0.4, 0.5) is 0 Å². The molecule has 3 rings (SSSR count). The summed E-state index contributed by atoms with van der Waals surface area (Å²) in [7, 11) is -0.342. The van der Waals surface area contributed by atoms with Gasteiger partial charge in [-0.2, -0.15) is 0 Å². The molecule has 2 N–H and O–H groups in total. The zero-order valence-electron chi connectivity index (χ0n) is 7.48. The number of aliphatic hydroxyl groups is 1. The maximum Gasteiger partial charge on any atom is 0.376 e. The second-order valence-electron chi connectivity index (χ2n) is 4.12. The van der Waals surface area contributed by atoms with Crippen molar-refractivity contribution in [3.8, 4) is 0 Å². The Kier molecular flexibility index (Phi) is 2.15. The number of nitrogens with zero attached hydrogens (tertiary/aromatic N) is 1. The zero-order valence-corrected chi connectivity index (χ0v) is 7.48. The number of piperidine rings is 2. The average molecular weight is 169 g/mol. The lowest BCUT2D eigenvalue weighted by atomic mass is 9.70. The Hall–Kier alpha value is -0.0551. The van der Waals surface area contributed by atoms with Gasteiger partial charge < -0.3 is 14.9 Å². The van der Waals surface area contributed by atoms with Gasteiger partial charge in [0.05, 0.1) is 6.10 Å². The third kappa shape index (κ3) is 1.28. The van der Waals surface area contributed by atoms with Crippen molar-refractivity contribution in [2.75, 3.05) is 6.54 Å². The highest BCUT2D eigenvalue weighted by atomic mass is 16.3. The summed E-state index contributed by atoms with van der Waals surface area (Å²) in [5.74, 6) is 0.407. The first kappa shape index (κ1) is 8.54. The van der Waals surface area contributed by atoms with Crippen molar-refractivity contribution in [3.05, 3.63) is 0 Å². The van der Waals surface area contributed by atoms with Crippen molar-refractivity contribution in [2.24, 2.45) is 5.92 Å². The van der Waals surface area contributed by atoms with E-state index in [1.165, 1.54) is 0 Å². The van der Waals surface area contributed by atoms with Crippen LogP contribution in [0.2, 0.25) is 6.82 Å². The molecule has 1 saturated carbocycles. The van der Waals surface area contributed by atoms with Crippen molar-refractivity contribution in [1.82, 2.24) is 4.81 Å². The largest absolute Gasteiger partial charge is 0.437 e. The van der Waals surface area contributed by atoms with Crippen LogP contribution in [0.1, 0.15) is 19.3 Å². The molecule has 0 aromatic heterocycles. The van der Waals surface area contributed by atoms with Crippen molar-refractivity contribution in [3.63, 3.8) is 0 Å². The number of rotatable bonds is 1. The van der Waals surface area contributed by atoms with Crippen molar-refractivity contribution < 1.29 is 10.1 Å². The van der Waals surface area contributed by atoms with Crippen LogP contribution in [0.25, 0.3) is 0 Å². The molecule has 3 unspecified atom stereocenters. The van der Waals surface area contributed by atoms with Crippen LogP contribution in [0, 0.1) is 5.92 Å². The first-order valence-electron chi connectivity index (χ1n) is 4.80. The molecular weight excluding hydrogens is 153 g/mol. The summed E-state index contributed by atoms with van der Waals surface area (Å²) in [5.41, 5.74) is 0. The third-order valence-corrected chi connectivity index (χ3v) is 3.32. The second kappa shape index (κ2) is 3.02. The minimum absolute atomic E-state index is 0.112. The highest BCUT2D eigenvalue weighted by molar-refractivity contribution is 6.45. The lowest BCUT2D eigenvalue weighted by molar-refractivity contribution is -0.0216. The molecule has 2 heterocycles. The van der Waals surface area contributed by atoms with Gasteiger partial charge in [0.15, 0.2) is 0 Å². The molecule has 2 bridgehead atoms. The number of aliphatic hydroxyl groups excluding tert-OH is 1. The molecule has 3 aliphatic rings. The van der Waals surface area contributed by atoms with E-state index in [-0.39, 0.29) is 13.2 Å². The van der Waals surface area contributed by atoms with Crippen LogP contribution in [0.3, 0.4) is 0 Å². The first-order chi connectivity index (χ1) is 5.68. The molecule has 1 aliphatic carbocycles. The zero-order chi connectivity index (χ0) is 8.72. The van der Waals surface area contributed by atoms with Gasteiger partial charge in [-0.15, -0.1) is 0 Å². The normalized spacial score (nSPS) is 41.8. The molecule has 3 nitrogen and oxygen atoms in total. The maximum atomic E-state index is 9.59. The lowest BCUT2D eigenvalue weighted by Crippen LogP contribution is -2.58. The van der Waals surface area contributed by atoms with Crippen LogP contribution in [0.5, 0.6) is 0 Å². The highest BCUT2D eigenvalue weighted by Crippen LogP contribution is 2.35. The molecule has 0 radical (unpaired) electrons. The van der Waals surface area contributed by atoms with Crippen molar-refractivity contribution in [2.45, 2.75) is 38.2 Å². The van der Waals surface area contributed by atoms with E-state index < -0.39 is 0 Å². The smallest absolute Gasteiger partial charge is 0.376 e. The van der Waals surface area contributed by atoms with Gasteiger partial charge >= 0.3 is 7.05 Å². The minimum atomic E-state index is -0.342. The first-order valence-corrected chi connectivity index (χ1v) is 4.80. The molecule has 3 fully saturated rings.